The lowest BCUT2D eigenvalue weighted by Gasteiger charge is -2.16. The minimum atomic E-state index is -1.64. The monoisotopic (exact) mass is 274 g/mol. The average molecular weight is 274 g/mol. The summed E-state index contributed by atoms with van der Waals surface area (Å²) in [6.45, 7) is -0.688. The van der Waals surface area contributed by atoms with E-state index in [0.29, 0.717) is 5.56 Å². The van der Waals surface area contributed by atoms with Crippen molar-refractivity contribution in [2.45, 2.75) is 24.6 Å². The minimum Gasteiger partial charge on any atom is -0.394 e. The molecule has 0 aliphatic carbocycles. The number of aliphatic hydroxyl groups is 6. The van der Waals surface area contributed by atoms with Gasteiger partial charge in [-0.1, -0.05) is 30.3 Å². The highest BCUT2D eigenvalue weighted by molar-refractivity contribution is 5.56. The highest BCUT2D eigenvalue weighted by Crippen LogP contribution is 2.06. The summed E-state index contributed by atoms with van der Waals surface area (Å²) in [6, 6.07) is 8.66. The van der Waals surface area contributed by atoms with Gasteiger partial charge < -0.3 is 35.4 Å². The van der Waals surface area contributed by atoms with Crippen molar-refractivity contribution in [1.29, 1.82) is 0 Å². The largest absolute Gasteiger partial charge is 0.394 e. The molecule has 0 aromatic heterocycles. The number of aldehydes is 1. The summed E-state index contributed by atoms with van der Waals surface area (Å²) >= 11 is 0. The number of hydrogen-bond acceptors (Lipinski definition) is 7. The Bertz CT molecular complexity index is 341. The average Bonchev–Trinajstić information content (AvgIpc) is 2.46. The lowest BCUT2D eigenvalue weighted by molar-refractivity contribution is -0.127. The Hall–Kier alpha value is -1.35. The summed E-state index contributed by atoms with van der Waals surface area (Å²) < 4.78 is 0. The summed E-state index contributed by atoms with van der Waals surface area (Å²) in [5, 5.41) is 51.2. The van der Waals surface area contributed by atoms with E-state index in [-0.39, 0.29) is 6.29 Å². The quantitative estimate of drug-likeness (QED) is 0.268. The molecule has 7 nitrogen and oxygen atoms in total. The van der Waals surface area contributed by atoms with Crippen molar-refractivity contribution < 1.29 is 35.4 Å². The third kappa shape index (κ3) is 6.97. The first-order valence-electron chi connectivity index (χ1n) is 5.45. The lowest BCUT2D eigenvalue weighted by atomic mass is 10.1. The molecule has 0 radical (unpaired) electrons. The van der Waals surface area contributed by atoms with E-state index >= 15 is 0 Å². The molecule has 6 N–H and O–H groups in total. The summed E-state index contributed by atoms with van der Waals surface area (Å²) in [5.74, 6) is 0. The van der Waals surface area contributed by atoms with Gasteiger partial charge in [0, 0.05) is 5.56 Å². The van der Waals surface area contributed by atoms with E-state index in [4.69, 9.17) is 30.6 Å². The summed E-state index contributed by atoms with van der Waals surface area (Å²) in [6.07, 6.45) is -5.97. The molecule has 7 heteroatoms. The number of hydrogen-bond donors (Lipinski definition) is 6. The molecule has 0 saturated heterocycles. The van der Waals surface area contributed by atoms with Gasteiger partial charge in [0.25, 0.3) is 0 Å². The Morgan fingerprint density at radius 2 is 1.53 bits per heavy atom. The van der Waals surface area contributed by atoms with Crippen molar-refractivity contribution >= 4 is 6.29 Å². The van der Waals surface area contributed by atoms with Gasteiger partial charge in [0.15, 0.2) is 12.6 Å². The molecule has 0 fully saturated rings. The lowest BCUT2D eigenvalue weighted by Crippen LogP contribution is -2.40. The maximum atomic E-state index is 9.76. The molecule has 3 atom stereocenters. The van der Waals surface area contributed by atoms with Crippen LogP contribution in [-0.2, 0) is 4.79 Å². The molecule has 1 rings (SSSR count). The summed E-state index contributed by atoms with van der Waals surface area (Å²) in [7, 11) is 0. The maximum Gasteiger partial charge on any atom is 0.178 e. The number of benzene rings is 1. The van der Waals surface area contributed by atoms with E-state index < -0.39 is 31.2 Å². The maximum absolute atomic E-state index is 9.76. The zero-order chi connectivity index (χ0) is 14.8. The van der Waals surface area contributed by atoms with E-state index in [1.807, 2.05) is 6.07 Å². The first-order valence-corrected chi connectivity index (χ1v) is 5.45. The second-order valence-electron chi connectivity index (χ2n) is 3.65. The predicted molar refractivity (Wildman–Crippen MR) is 64.8 cm³/mol. The topological polar surface area (TPSA) is 138 Å². The normalized spacial score (nSPS) is 15.1. The summed E-state index contributed by atoms with van der Waals surface area (Å²) in [5.41, 5.74) is 0.525. The van der Waals surface area contributed by atoms with Crippen LogP contribution >= 0.6 is 0 Å². The van der Waals surface area contributed by atoms with Gasteiger partial charge in [-0.25, -0.2) is 0 Å². The fourth-order valence-electron chi connectivity index (χ4n) is 1.04. The van der Waals surface area contributed by atoms with E-state index in [9.17, 15) is 4.79 Å². The molecule has 0 saturated carbocycles. The van der Waals surface area contributed by atoms with Crippen LogP contribution in [0.1, 0.15) is 11.9 Å². The Labute approximate surface area is 110 Å². The van der Waals surface area contributed by atoms with Gasteiger partial charge >= 0.3 is 0 Å². The van der Waals surface area contributed by atoms with Crippen LogP contribution in [0.25, 0.3) is 0 Å². The van der Waals surface area contributed by atoms with Crippen LogP contribution in [0.3, 0.4) is 0 Å². The predicted octanol–water partition coefficient (Wildman–Crippen LogP) is -2.07. The zero-order valence-electron chi connectivity index (χ0n) is 10.1. The van der Waals surface area contributed by atoms with E-state index in [1.54, 1.807) is 24.3 Å². The molecule has 0 heterocycles. The minimum absolute atomic E-state index is 0.0869. The second-order valence-corrected chi connectivity index (χ2v) is 3.65. The molecule has 3 unspecified atom stereocenters. The van der Waals surface area contributed by atoms with Gasteiger partial charge in [-0.3, -0.25) is 0 Å². The van der Waals surface area contributed by atoms with Crippen molar-refractivity contribution in [3.8, 4) is 0 Å². The third-order valence-electron chi connectivity index (χ3n) is 2.17. The van der Waals surface area contributed by atoms with Crippen molar-refractivity contribution in [3.63, 3.8) is 0 Å². The van der Waals surface area contributed by atoms with Gasteiger partial charge in [-0.15, -0.1) is 0 Å². The van der Waals surface area contributed by atoms with Crippen molar-refractivity contribution in [2.24, 2.45) is 0 Å². The number of carbonyl (C=O) groups is 1. The third-order valence-corrected chi connectivity index (χ3v) is 2.17. The van der Waals surface area contributed by atoms with Crippen LogP contribution in [0.2, 0.25) is 0 Å². The fraction of sp³-hybridized carbons (Fsp3) is 0.417. The van der Waals surface area contributed by atoms with Gasteiger partial charge in [0.05, 0.1) is 6.61 Å². The van der Waals surface area contributed by atoms with Crippen LogP contribution in [0.5, 0.6) is 0 Å². The Kier molecular flexibility index (Phi) is 8.88. The number of rotatable bonds is 5. The van der Waals surface area contributed by atoms with Gasteiger partial charge in [-0.2, -0.15) is 0 Å². The van der Waals surface area contributed by atoms with Gasteiger partial charge in [0.2, 0.25) is 0 Å². The molecular weight excluding hydrogens is 256 g/mol. The molecule has 108 valence electrons. The molecule has 0 aliphatic heterocycles. The Balaban J connectivity index is 0.000000342. The van der Waals surface area contributed by atoms with Gasteiger partial charge in [0.1, 0.15) is 18.3 Å². The number of carbonyl (C=O) groups excluding carboxylic acids is 1. The summed E-state index contributed by atoms with van der Waals surface area (Å²) in [4.78, 5) is 9.76. The van der Waals surface area contributed by atoms with Crippen LogP contribution in [0.15, 0.2) is 30.3 Å². The van der Waals surface area contributed by atoms with Crippen molar-refractivity contribution in [2.75, 3.05) is 6.61 Å². The first kappa shape index (κ1) is 17.6. The van der Waals surface area contributed by atoms with Crippen LogP contribution < -0.4 is 0 Å². The van der Waals surface area contributed by atoms with E-state index in [2.05, 4.69) is 0 Å². The van der Waals surface area contributed by atoms with Crippen LogP contribution in [0, 0.1) is 0 Å². The molecule has 1 aromatic carbocycles. The standard InChI is InChI=1S/C7H8O2.C5H10O5/c8-7(9)6-4-2-1-3-5-6;6-1-3(8)5(10)4(9)2-7/h1-5,7-9H;1,3-5,7-10H,2H2. The molecule has 1 aromatic rings. The van der Waals surface area contributed by atoms with E-state index in [0.717, 1.165) is 0 Å². The zero-order valence-corrected chi connectivity index (χ0v) is 10.1. The smallest absolute Gasteiger partial charge is 0.178 e. The highest BCUT2D eigenvalue weighted by atomic mass is 16.5. The van der Waals surface area contributed by atoms with Crippen molar-refractivity contribution in [3.05, 3.63) is 35.9 Å². The second kappa shape index (κ2) is 9.56. The molecule has 0 spiro atoms. The van der Waals surface area contributed by atoms with Crippen molar-refractivity contribution in [1.82, 2.24) is 0 Å². The van der Waals surface area contributed by atoms with E-state index in [1.165, 1.54) is 0 Å². The molecule has 0 amide bonds. The molecule has 0 aliphatic rings. The number of aliphatic hydroxyl groups excluding tert-OH is 5. The molecule has 0 bridgehead atoms. The first-order chi connectivity index (χ1) is 8.93. The Morgan fingerprint density at radius 1 is 1.00 bits per heavy atom. The van der Waals surface area contributed by atoms with Crippen LogP contribution in [-0.4, -0.2) is 61.8 Å². The Morgan fingerprint density at radius 3 is 1.84 bits per heavy atom. The van der Waals surface area contributed by atoms with Gasteiger partial charge in [-0.05, 0) is 0 Å². The molecule has 19 heavy (non-hydrogen) atoms. The van der Waals surface area contributed by atoms with Crippen LogP contribution in [0.4, 0.5) is 0 Å². The fourth-order valence-corrected chi connectivity index (χ4v) is 1.04. The molecular formula is C12H18O7. The SMILES string of the molecule is O=CC(O)C(O)C(O)CO.OC(O)c1ccccc1. The highest BCUT2D eigenvalue weighted by Gasteiger charge is 2.22.